The first-order valence-corrected chi connectivity index (χ1v) is 6.48. The van der Waals surface area contributed by atoms with Gasteiger partial charge in [0.15, 0.2) is 0 Å². The maximum absolute atomic E-state index is 5.59. The normalized spacial score (nSPS) is 11.3. The first-order chi connectivity index (χ1) is 9.20. The summed E-state index contributed by atoms with van der Waals surface area (Å²) >= 11 is 5.59. The highest BCUT2D eigenvalue weighted by atomic mass is 35.5. The lowest BCUT2D eigenvalue weighted by Crippen LogP contribution is -2.12. The number of amidine groups is 1. The number of nitrogens with zero attached hydrogens (tertiary/aromatic N) is 1. The fraction of sp³-hybridized carbons (Fsp3) is 0.0625. The molecule has 0 atom stereocenters. The summed E-state index contributed by atoms with van der Waals surface area (Å²) in [5.74, 6) is 0.648. The van der Waals surface area contributed by atoms with Crippen LogP contribution in [-0.4, -0.2) is 11.7 Å². The van der Waals surface area contributed by atoms with E-state index in [4.69, 9.17) is 17.3 Å². The second-order valence-corrected chi connectivity index (χ2v) is 4.40. The number of nitrogens with two attached hydrogens (primary N) is 1. The number of halogens is 1. The second kappa shape index (κ2) is 6.21. The van der Waals surface area contributed by atoms with E-state index in [0.29, 0.717) is 5.84 Å². The largest absolute Gasteiger partial charge is 0.386 e. The monoisotopic (exact) mass is 270 g/mol. The SMILES string of the molecule is C=C(c1ccccc1)c1ccc(N=C(N)CCl)cc1. The average molecular weight is 271 g/mol. The van der Waals surface area contributed by atoms with E-state index in [1.54, 1.807) is 0 Å². The van der Waals surface area contributed by atoms with E-state index in [1.165, 1.54) is 0 Å². The molecule has 2 aromatic rings. The van der Waals surface area contributed by atoms with E-state index in [-0.39, 0.29) is 5.88 Å². The van der Waals surface area contributed by atoms with Gasteiger partial charge in [-0.1, -0.05) is 49.0 Å². The molecule has 0 amide bonds. The summed E-state index contributed by atoms with van der Waals surface area (Å²) in [5, 5.41) is 0. The van der Waals surface area contributed by atoms with Crippen LogP contribution >= 0.6 is 11.6 Å². The summed E-state index contributed by atoms with van der Waals surface area (Å²) in [7, 11) is 0. The van der Waals surface area contributed by atoms with E-state index in [2.05, 4.69) is 11.6 Å². The molecule has 0 aliphatic carbocycles. The Kier molecular flexibility index (Phi) is 4.37. The third-order valence-corrected chi connectivity index (χ3v) is 3.02. The Morgan fingerprint density at radius 3 is 2.16 bits per heavy atom. The minimum absolute atomic E-state index is 0.235. The van der Waals surface area contributed by atoms with Crippen LogP contribution in [0.5, 0.6) is 0 Å². The van der Waals surface area contributed by atoms with Crippen molar-refractivity contribution >= 4 is 28.7 Å². The van der Waals surface area contributed by atoms with Gasteiger partial charge in [-0.05, 0) is 28.8 Å². The zero-order valence-corrected chi connectivity index (χ0v) is 11.3. The molecular weight excluding hydrogens is 256 g/mol. The van der Waals surface area contributed by atoms with Crippen LogP contribution in [-0.2, 0) is 0 Å². The molecule has 0 aliphatic heterocycles. The van der Waals surface area contributed by atoms with Crippen molar-refractivity contribution in [3.8, 4) is 0 Å². The first kappa shape index (κ1) is 13.4. The minimum atomic E-state index is 0.235. The van der Waals surface area contributed by atoms with Crippen molar-refractivity contribution in [3.63, 3.8) is 0 Å². The average Bonchev–Trinajstić information content (AvgIpc) is 2.48. The van der Waals surface area contributed by atoms with Crippen LogP contribution in [0.4, 0.5) is 5.69 Å². The minimum Gasteiger partial charge on any atom is -0.386 e. The Labute approximate surface area is 118 Å². The summed E-state index contributed by atoms with van der Waals surface area (Å²) in [6.45, 7) is 4.12. The maximum atomic E-state index is 5.59. The second-order valence-electron chi connectivity index (χ2n) is 4.13. The van der Waals surface area contributed by atoms with Crippen molar-refractivity contribution in [2.24, 2.45) is 10.7 Å². The molecular formula is C16H15ClN2. The molecule has 3 heteroatoms. The van der Waals surface area contributed by atoms with Gasteiger partial charge in [0, 0.05) is 0 Å². The fourth-order valence-electron chi connectivity index (χ4n) is 1.74. The van der Waals surface area contributed by atoms with E-state index < -0.39 is 0 Å². The molecule has 2 rings (SSSR count). The molecule has 0 saturated heterocycles. The van der Waals surface area contributed by atoms with Crippen LogP contribution in [0.1, 0.15) is 11.1 Å². The summed E-state index contributed by atoms with van der Waals surface area (Å²) < 4.78 is 0. The fourth-order valence-corrected chi connectivity index (χ4v) is 1.80. The van der Waals surface area contributed by atoms with Crippen molar-refractivity contribution in [2.75, 3.05) is 5.88 Å². The smallest absolute Gasteiger partial charge is 0.115 e. The molecule has 0 unspecified atom stereocenters. The van der Waals surface area contributed by atoms with Crippen LogP contribution in [0.25, 0.3) is 5.57 Å². The molecule has 2 N–H and O–H groups in total. The molecule has 96 valence electrons. The maximum Gasteiger partial charge on any atom is 0.115 e. The Bertz CT molecular complexity index is 586. The highest BCUT2D eigenvalue weighted by molar-refractivity contribution is 6.28. The van der Waals surface area contributed by atoms with E-state index in [0.717, 1.165) is 22.4 Å². The van der Waals surface area contributed by atoms with Gasteiger partial charge in [-0.3, -0.25) is 0 Å². The van der Waals surface area contributed by atoms with Crippen LogP contribution in [0.2, 0.25) is 0 Å². The summed E-state index contributed by atoms with van der Waals surface area (Å²) in [5.41, 5.74) is 9.55. The number of benzene rings is 2. The molecule has 0 bridgehead atoms. The number of hydrogen-bond donors (Lipinski definition) is 1. The van der Waals surface area contributed by atoms with Crippen molar-refractivity contribution in [1.29, 1.82) is 0 Å². The van der Waals surface area contributed by atoms with Crippen molar-refractivity contribution in [2.45, 2.75) is 0 Å². The van der Waals surface area contributed by atoms with Gasteiger partial charge in [0.1, 0.15) is 5.84 Å². The van der Waals surface area contributed by atoms with Gasteiger partial charge in [-0.2, -0.15) is 0 Å². The molecule has 2 nitrogen and oxygen atoms in total. The molecule has 2 aromatic carbocycles. The van der Waals surface area contributed by atoms with Crippen LogP contribution in [0.3, 0.4) is 0 Å². The Hall–Kier alpha value is -2.06. The molecule has 19 heavy (non-hydrogen) atoms. The standard InChI is InChI=1S/C16H15ClN2/c1-12(13-5-3-2-4-6-13)14-7-9-15(10-8-14)19-16(18)11-17/h2-10H,1,11H2,(H2,18,19). The highest BCUT2D eigenvalue weighted by Gasteiger charge is 2.01. The third-order valence-electron chi connectivity index (χ3n) is 2.75. The molecule has 0 heterocycles. The molecule has 0 aromatic heterocycles. The van der Waals surface area contributed by atoms with Crippen molar-refractivity contribution in [1.82, 2.24) is 0 Å². The zero-order chi connectivity index (χ0) is 13.7. The summed E-state index contributed by atoms with van der Waals surface area (Å²) in [4.78, 5) is 4.18. The van der Waals surface area contributed by atoms with Gasteiger partial charge in [-0.25, -0.2) is 4.99 Å². The van der Waals surface area contributed by atoms with Crippen LogP contribution in [0.15, 0.2) is 66.2 Å². The molecule has 0 spiro atoms. The lowest BCUT2D eigenvalue weighted by atomic mass is 10.00. The third kappa shape index (κ3) is 3.46. The topological polar surface area (TPSA) is 38.4 Å². The quantitative estimate of drug-likeness (QED) is 0.509. The Morgan fingerprint density at radius 1 is 1.00 bits per heavy atom. The highest BCUT2D eigenvalue weighted by Crippen LogP contribution is 2.23. The lowest BCUT2D eigenvalue weighted by molar-refractivity contribution is 1.44. The predicted molar refractivity (Wildman–Crippen MR) is 83.0 cm³/mol. The first-order valence-electron chi connectivity index (χ1n) is 5.94. The number of alkyl halides is 1. The molecule has 0 radical (unpaired) electrons. The van der Waals surface area contributed by atoms with Gasteiger partial charge in [0.2, 0.25) is 0 Å². The Morgan fingerprint density at radius 2 is 1.58 bits per heavy atom. The number of hydrogen-bond acceptors (Lipinski definition) is 1. The molecule has 0 fully saturated rings. The van der Waals surface area contributed by atoms with Gasteiger partial charge >= 0.3 is 0 Å². The van der Waals surface area contributed by atoms with E-state index >= 15 is 0 Å². The lowest BCUT2D eigenvalue weighted by Gasteiger charge is -2.06. The van der Waals surface area contributed by atoms with Gasteiger partial charge < -0.3 is 5.73 Å². The summed E-state index contributed by atoms with van der Waals surface area (Å²) in [6.07, 6.45) is 0. The number of rotatable bonds is 4. The van der Waals surface area contributed by atoms with Gasteiger partial charge in [0.05, 0.1) is 11.6 Å². The van der Waals surface area contributed by atoms with Crippen LogP contribution in [0, 0.1) is 0 Å². The van der Waals surface area contributed by atoms with Gasteiger partial charge in [0.25, 0.3) is 0 Å². The van der Waals surface area contributed by atoms with Gasteiger partial charge in [-0.15, -0.1) is 11.6 Å². The molecule has 0 aliphatic rings. The van der Waals surface area contributed by atoms with Crippen molar-refractivity contribution in [3.05, 3.63) is 72.3 Å². The number of aliphatic imine (C=N–C) groups is 1. The van der Waals surface area contributed by atoms with E-state index in [1.807, 2.05) is 54.6 Å². The Balaban J connectivity index is 2.22. The summed E-state index contributed by atoms with van der Waals surface area (Å²) in [6, 6.07) is 17.8. The predicted octanol–water partition coefficient (Wildman–Crippen LogP) is 3.98. The van der Waals surface area contributed by atoms with Crippen LogP contribution < -0.4 is 5.73 Å². The molecule has 0 saturated carbocycles. The van der Waals surface area contributed by atoms with Crippen molar-refractivity contribution < 1.29 is 0 Å². The zero-order valence-electron chi connectivity index (χ0n) is 10.5. The van der Waals surface area contributed by atoms with E-state index in [9.17, 15) is 0 Å².